The Balaban J connectivity index is 1.90. The van der Waals surface area contributed by atoms with Crippen LogP contribution in [0.4, 0.5) is 5.69 Å². The molecule has 0 aliphatic rings. The fourth-order valence-corrected chi connectivity index (χ4v) is 4.75. The number of hydrogen-bond acceptors (Lipinski definition) is 6. The van der Waals surface area contributed by atoms with E-state index in [0.29, 0.717) is 22.2 Å². The first kappa shape index (κ1) is 24.3. The van der Waals surface area contributed by atoms with Gasteiger partial charge in [-0.1, -0.05) is 20.3 Å². The minimum Gasteiger partial charge on any atom is -0.497 e. The van der Waals surface area contributed by atoms with E-state index in [0.717, 1.165) is 19.3 Å². The lowest BCUT2D eigenvalue weighted by Gasteiger charge is -2.16. The van der Waals surface area contributed by atoms with Gasteiger partial charge in [-0.2, -0.15) is 0 Å². The highest BCUT2D eigenvalue weighted by Gasteiger charge is 2.21. The maximum absolute atomic E-state index is 13.0. The Morgan fingerprint density at radius 2 is 1.85 bits per heavy atom. The van der Waals surface area contributed by atoms with Gasteiger partial charge in [0, 0.05) is 23.1 Å². The molecule has 1 unspecified atom stereocenters. The van der Waals surface area contributed by atoms with E-state index < -0.39 is 10.0 Å². The third kappa shape index (κ3) is 5.73. The van der Waals surface area contributed by atoms with Crippen molar-refractivity contribution in [3.05, 3.63) is 54.2 Å². The predicted octanol–water partition coefficient (Wildman–Crippen LogP) is 4.36. The summed E-state index contributed by atoms with van der Waals surface area (Å²) in [7, 11) is -1.13. The standard InChI is InChI=1S/C24H29N3O5S/c1-5-7-18(6-2)26-24(28)16-8-10-21-17(12-16)13-19(15-25-21)27-33(29,30)23-14-20(31-3)9-11-22(23)32-4/h8-15,18,27H,5-7H2,1-4H3,(H,26,28). The second kappa shape index (κ2) is 10.5. The van der Waals surface area contributed by atoms with Crippen LogP contribution in [0.1, 0.15) is 43.5 Å². The second-order valence-corrected chi connectivity index (χ2v) is 9.27. The number of benzene rings is 2. The fraction of sp³-hybridized carbons (Fsp3) is 0.333. The molecule has 0 fully saturated rings. The molecule has 9 heteroatoms. The van der Waals surface area contributed by atoms with E-state index in [9.17, 15) is 13.2 Å². The van der Waals surface area contributed by atoms with Crippen molar-refractivity contribution < 1.29 is 22.7 Å². The number of nitrogens with one attached hydrogen (secondary N) is 2. The summed E-state index contributed by atoms with van der Waals surface area (Å²) in [5.74, 6) is 0.412. The maximum atomic E-state index is 13.0. The average Bonchev–Trinajstić information content (AvgIpc) is 2.82. The third-order valence-corrected chi connectivity index (χ3v) is 6.72. The number of amides is 1. The molecule has 0 aliphatic heterocycles. The van der Waals surface area contributed by atoms with Crippen LogP contribution in [0.25, 0.3) is 10.9 Å². The minimum atomic E-state index is -3.98. The quantitative estimate of drug-likeness (QED) is 0.455. The predicted molar refractivity (Wildman–Crippen MR) is 129 cm³/mol. The number of rotatable bonds is 10. The van der Waals surface area contributed by atoms with Gasteiger partial charge in [0.05, 0.1) is 31.6 Å². The number of fused-ring (bicyclic) bond motifs is 1. The number of ether oxygens (including phenoxy) is 2. The van der Waals surface area contributed by atoms with Gasteiger partial charge in [-0.25, -0.2) is 8.42 Å². The summed E-state index contributed by atoms with van der Waals surface area (Å²) in [5.41, 5.74) is 1.41. The molecule has 8 nitrogen and oxygen atoms in total. The van der Waals surface area contributed by atoms with Crippen LogP contribution in [0.5, 0.6) is 11.5 Å². The fourth-order valence-electron chi connectivity index (χ4n) is 3.53. The largest absolute Gasteiger partial charge is 0.497 e. The molecule has 3 aromatic rings. The number of anilines is 1. The van der Waals surface area contributed by atoms with Crippen LogP contribution in [0.3, 0.4) is 0 Å². The zero-order chi connectivity index (χ0) is 24.0. The monoisotopic (exact) mass is 471 g/mol. The molecular weight excluding hydrogens is 442 g/mol. The number of carbonyl (C=O) groups is 1. The van der Waals surface area contributed by atoms with Gasteiger partial charge in [0.25, 0.3) is 15.9 Å². The SMILES string of the molecule is CCCC(CC)NC(=O)c1ccc2ncc(NS(=O)(=O)c3cc(OC)ccc3OC)cc2c1. The lowest BCUT2D eigenvalue weighted by atomic mass is 10.1. The van der Waals surface area contributed by atoms with Crippen LogP contribution in [0.2, 0.25) is 0 Å². The summed E-state index contributed by atoms with van der Waals surface area (Å²) in [4.78, 5) is 17.0. The van der Waals surface area contributed by atoms with Gasteiger partial charge in [0.2, 0.25) is 0 Å². The molecule has 0 saturated carbocycles. The molecule has 1 atom stereocenters. The lowest BCUT2D eigenvalue weighted by molar-refractivity contribution is 0.0934. The topological polar surface area (TPSA) is 107 Å². The van der Waals surface area contributed by atoms with Crippen molar-refractivity contribution in [2.45, 2.75) is 44.0 Å². The van der Waals surface area contributed by atoms with Gasteiger partial charge in [0.1, 0.15) is 16.4 Å². The first-order valence-corrected chi connectivity index (χ1v) is 12.2. The van der Waals surface area contributed by atoms with Gasteiger partial charge in [-0.05, 0) is 49.2 Å². The van der Waals surface area contributed by atoms with Crippen molar-refractivity contribution in [1.29, 1.82) is 0 Å². The van der Waals surface area contributed by atoms with Crippen molar-refractivity contribution in [3.63, 3.8) is 0 Å². The maximum Gasteiger partial charge on any atom is 0.265 e. The van der Waals surface area contributed by atoms with E-state index in [1.165, 1.54) is 32.5 Å². The Bertz CT molecular complexity index is 1240. The molecule has 0 bridgehead atoms. The van der Waals surface area contributed by atoms with E-state index in [1.54, 1.807) is 30.3 Å². The van der Waals surface area contributed by atoms with E-state index in [2.05, 4.69) is 21.9 Å². The van der Waals surface area contributed by atoms with E-state index >= 15 is 0 Å². The smallest absolute Gasteiger partial charge is 0.265 e. The molecule has 1 amide bonds. The van der Waals surface area contributed by atoms with Crippen LogP contribution >= 0.6 is 0 Å². The highest BCUT2D eigenvalue weighted by Crippen LogP contribution is 2.30. The van der Waals surface area contributed by atoms with Crippen molar-refractivity contribution in [1.82, 2.24) is 10.3 Å². The summed E-state index contributed by atoms with van der Waals surface area (Å²) in [5, 5.41) is 3.69. The van der Waals surface area contributed by atoms with Crippen LogP contribution in [-0.4, -0.2) is 39.6 Å². The first-order valence-electron chi connectivity index (χ1n) is 10.8. The zero-order valence-corrected chi connectivity index (χ0v) is 20.0. The Kier molecular flexibility index (Phi) is 7.75. The first-order chi connectivity index (χ1) is 15.8. The van der Waals surface area contributed by atoms with Gasteiger partial charge < -0.3 is 14.8 Å². The summed E-state index contributed by atoms with van der Waals surface area (Å²) >= 11 is 0. The summed E-state index contributed by atoms with van der Waals surface area (Å²) in [6, 6.07) is 11.5. The third-order valence-electron chi connectivity index (χ3n) is 5.32. The van der Waals surface area contributed by atoms with Crippen molar-refractivity contribution in [2.75, 3.05) is 18.9 Å². The minimum absolute atomic E-state index is 0.0564. The molecule has 2 N–H and O–H groups in total. The molecule has 1 aromatic heterocycles. The molecule has 0 aliphatic carbocycles. The van der Waals surface area contributed by atoms with Crippen molar-refractivity contribution in [2.24, 2.45) is 0 Å². The van der Waals surface area contributed by atoms with Crippen LogP contribution in [0, 0.1) is 0 Å². The van der Waals surface area contributed by atoms with Crippen molar-refractivity contribution >= 4 is 32.5 Å². The number of carbonyl (C=O) groups excluding carboxylic acids is 1. The number of methoxy groups -OCH3 is 2. The van der Waals surface area contributed by atoms with Crippen LogP contribution in [0.15, 0.2) is 53.6 Å². The number of sulfonamides is 1. The highest BCUT2D eigenvalue weighted by molar-refractivity contribution is 7.92. The molecule has 1 heterocycles. The van der Waals surface area contributed by atoms with Gasteiger partial charge in [-0.15, -0.1) is 0 Å². The second-order valence-electron chi connectivity index (χ2n) is 7.62. The zero-order valence-electron chi connectivity index (χ0n) is 19.2. The molecule has 176 valence electrons. The van der Waals surface area contributed by atoms with E-state index in [4.69, 9.17) is 9.47 Å². The van der Waals surface area contributed by atoms with Gasteiger partial charge >= 0.3 is 0 Å². The summed E-state index contributed by atoms with van der Waals surface area (Å²) in [6.45, 7) is 4.13. The summed E-state index contributed by atoms with van der Waals surface area (Å²) < 4.78 is 39.0. The van der Waals surface area contributed by atoms with Gasteiger partial charge in [-0.3, -0.25) is 14.5 Å². The van der Waals surface area contributed by atoms with Crippen molar-refractivity contribution in [3.8, 4) is 11.5 Å². The molecule has 2 aromatic carbocycles. The van der Waals surface area contributed by atoms with E-state index in [-0.39, 0.29) is 28.3 Å². The highest BCUT2D eigenvalue weighted by atomic mass is 32.2. The number of aromatic nitrogens is 1. The normalized spacial score (nSPS) is 12.2. The van der Waals surface area contributed by atoms with Gasteiger partial charge in [0.15, 0.2) is 0 Å². The summed E-state index contributed by atoms with van der Waals surface area (Å²) in [6.07, 6.45) is 4.19. The molecule has 33 heavy (non-hydrogen) atoms. The Labute approximate surface area is 194 Å². The molecular formula is C24H29N3O5S. The van der Waals surface area contributed by atoms with Crippen LogP contribution < -0.4 is 19.5 Å². The molecule has 0 saturated heterocycles. The Hall–Kier alpha value is -3.33. The Morgan fingerprint density at radius 3 is 2.52 bits per heavy atom. The number of pyridine rings is 1. The molecule has 3 rings (SSSR count). The average molecular weight is 472 g/mol. The molecule has 0 radical (unpaired) electrons. The number of hydrogen-bond donors (Lipinski definition) is 2. The Morgan fingerprint density at radius 1 is 1.06 bits per heavy atom. The number of nitrogens with zero attached hydrogens (tertiary/aromatic N) is 1. The van der Waals surface area contributed by atoms with Crippen LogP contribution in [-0.2, 0) is 10.0 Å². The van der Waals surface area contributed by atoms with E-state index in [1.807, 2.05) is 6.92 Å². The molecule has 0 spiro atoms. The lowest BCUT2D eigenvalue weighted by Crippen LogP contribution is -2.34.